The molecule has 2 heteroatoms. The van der Waals surface area contributed by atoms with Gasteiger partial charge in [-0.15, -0.1) is 0 Å². The van der Waals surface area contributed by atoms with Gasteiger partial charge >= 0.3 is 0 Å². The lowest BCUT2D eigenvalue weighted by Gasteiger charge is -2.38. The molecule has 1 N–H and O–H groups in total. The molecule has 1 aromatic rings. The van der Waals surface area contributed by atoms with Gasteiger partial charge in [0.25, 0.3) is 0 Å². The molecule has 0 atom stereocenters. The highest BCUT2D eigenvalue weighted by Gasteiger charge is 2.32. The summed E-state index contributed by atoms with van der Waals surface area (Å²) in [7, 11) is 0. The lowest BCUT2D eigenvalue weighted by molar-refractivity contribution is 0.0141. The molecule has 1 fully saturated rings. The van der Waals surface area contributed by atoms with Crippen LogP contribution in [0.3, 0.4) is 0 Å². The molecule has 1 heterocycles. The molecule has 1 aliphatic heterocycles. The Morgan fingerprint density at radius 2 is 1.70 bits per heavy atom. The molecule has 2 nitrogen and oxygen atoms in total. The van der Waals surface area contributed by atoms with E-state index in [0.29, 0.717) is 11.5 Å². The molecule has 0 amide bonds. The first kappa shape index (κ1) is 15.5. The highest BCUT2D eigenvalue weighted by Crippen LogP contribution is 2.34. The third-order valence-electron chi connectivity index (χ3n) is 4.45. The van der Waals surface area contributed by atoms with Crippen LogP contribution in [0.5, 0.6) is 0 Å². The molecule has 0 aliphatic carbocycles. The van der Waals surface area contributed by atoms with Crippen molar-refractivity contribution in [2.45, 2.75) is 52.5 Å². The van der Waals surface area contributed by atoms with Crippen molar-refractivity contribution in [2.24, 2.45) is 5.41 Å². The maximum atomic E-state index is 5.58. The largest absolute Gasteiger partial charge is 0.381 e. The Morgan fingerprint density at radius 3 is 2.25 bits per heavy atom. The molecule has 1 aromatic carbocycles. The van der Waals surface area contributed by atoms with Crippen LogP contribution in [-0.4, -0.2) is 25.8 Å². The van der Waals surface area contributed by atoms with E-state index in [1.54, 1.807) is 0 Å². The predicted molar refractivity (Wildman–Crippen MR) is 85.1 cm³/mol. The van der Waals surface area contributed by atoms with Gasteiger partial charge in [-0.25, -0.2) is 0 Å². The molecule has 0 saturated carbocycles. The number of hydrogen-bond acceptors (Lipinski definition) is 2. The van der Waals surface area contributed by atoms with Gasteiger partial charge < -0.3 is 10.1 Å². The van der Waals surface area contributed by atoms with E-state index in [4.69, 9.17) is 4.74 Å². The van der Waals surface area contributed by atoms with E-state index >= 15 is 0 Å². The molecule has 112 valence electrons. The van der Waals surface area contributed by atoms with Gasteiger partial charge in [0, 0.05) is 25.8 Å². The molecule has 0 aromatic heterocycles. The van der Waals surface area contributed by atoms with E-state index in [1.165, 1.54) is 30.4 Å². The summed E-state index contributed by atoms with van der Waals surface area (Å²) in [5.41, 5.74) is 3.26. The van der Waals surface area contributed by atoms with Crippen LogP contribution in [-0.2, 0) is 17.6 Å². The number of hydrogen-bond donors (Lipinski definition) is 1. The molecule has 0 unspecified atom stereocenters. The predicted octanol–water partition coefficient (Wildman–Crippen LogP) is 3.59. The quantitative estimate of drug-likeness (QED) is 0.856. The Morgan fingerprint density at radius 1 is 1.10 bits per heavy atom. The average Bonchev–Trinajstić information content (AvgIpc) is 2.47. The standard InChI is InChI=1S/C18H29NO/c1-4-16-5-7-17(8-6-16)13-18(14-19-15(2)3)9-11-20-12-10-18/h5-8,15,19H,4,9-14H2,1-3H3. The summed E-state index contributed by atoms with van der Waals surface area (Å²) >= 11 is 0. The second-order valence-corrected chi connectivity index (χ2v) is 6.49. The molecular formula is C18H29NO. The van der Waals surface area contributed by atoms with Crippen molar-refractivity contribution in [1.82, 2.24) is 5.32 Å². The van der Waals surface area contributed by atoms with Crippen molar-refractivity contribution in [3.05, 3.63) is 35.4 Å². The van der Waals surface area contributed by atoms with Crippen LogP contribution in [0.2, 0.25) is 0 Å². The number of nitrogens with one attached hydrogen (secondary N) is 1. The fourth-order valence-corrected chi connectivity index (χ4v) is 2.97. The molecule has 1 aliphatic rings. The summed E-state index contributed by atoms with van der Waals surface area (Å²) < 4.78 is 5.58. The minimum atomic E-state index is 0.371. The Balaban J connectivity index is 2.05. The van der Waals surface area contributed by atoms with Crippen LogP contribution < -0.4 is 5.32 Å². The van der Waals surface area contributed by atoms with Crippen LogP contribution in [0.1, 0.15) is 44.7 Å². The van der Waals surface area contributed by atoms with Gasteiger partial charge in [-0.2, -0.15) is 0 Å². The van der Waals surface area contributed by atoms with Crippen molar-refractivity contribution in [1.29, 1.82) is 0 Å². The zero-order valence-electron chi connectivity index (χ0n) is 13.2. The van der Waals surface area contributed by atoms with E-state index in [2.05, 4.69) is 50.4 Å². The first-order chi connectivity index (χ1) is 9.63. The third-order valence-corrected chi connectivity index (χ3v) is 4.45. The highest BCUT2D eigenvalue weighted by atomic mass is 16.5. The Hall–Kier alpha value is -0.860. The van der Waals surface area contributed by atoms with Gasteiger partial charge in [0.05, 0.1) is 0 Å². The molecule has 0 spiro atoms. The highest BCUT2D eigenvalue weighted by molar-refractivity contribution is 5.23. The maximum absolute atomic E-state index is 5.58. The lowest BCUT2D eigenvalue weighted by Crippen LogP contribution is -2.42. The smallest absolute Gasteiger partial charge is 0.0471 e. The lowest BCUT2D eigenvalue weighted by atomic mass is 9.75. The van der Waals surface area contributed by atoms with Crippen molar-refractivity contribution in [3.63, 3.8) is 0 Å². The van der Waals surface area contributed by atoms with Crippen LogP contribution >= 0.6 is 0 Å². The fraction of sp³-hybridized carbons (Fsp3) is 0.667. The van der Waals surface area contributed by atoms with Crippen molar-refractivity contribution in [3.8, 4) is 0 Å². The van der Waals surface area contributed by atoms with Gasteiger partial charge in [-0.3, -0.25) is 0 Å². The number of rotatable bonds is 6. The van der Waals surface area contributed by atoms with Gasteiger partial charge in [0.2, 0.25) is 0 Å². The molecule has 0 bridgehead atoms. The first-order valence-electron chi connectivity index (χ1n) is 8.02. The molecule has 1 saturated heterocycles. The second kappa shape index (κ2) is 7.24. The van der Waals surface area contributed by atoms with Crippen LogP contribution in [0.25, 0.3) is 0 Å². The number of ether oxygens (including phenoxy) is 1. The molecule has 2 rings (SSSR count). The molecule has 0 radical (unpaired) electrons. The zero-order valence-corrected chi connectivity index (χ0v) is 13.2. The number of benzene rings is 1. The minimum absolute atomic E-state index is 0.371. The van der Waals surface area contributed by atoms with Crippen molar-refractivity contribution < 1.29 is 4.74 Å². The molecule has 20 heavy (non-hydrogen) atoms. The first-order valence-corrected chi connectivity index (χ1v) is 8.02. The molecular weight excluding hydrogens is 246 g/mol. The summed E-state index contributed by atoms with van der Waals surface area (Å²) in [6.45, 7) is 9.58. The van der Waals surface area contributed by atoms with Crippen molar-refractivity contribution >= 4 is 0 Å². The normalized spacial score (nSPS) is 18.4. The van der Waals surface area contributed by atoms with Crippen molar-refractivity contribution in [2.75, 3.05) is 19.8 Å². The van der Waals surface area contributed by atoms with E-state index in [-0.39, 0.29) is 0 Å². The summed E-state index contributed by atoms with van der Waals surface area (Å²) in [5, 5.41) is 3.64. The second-order valence-electron chi connectivity index (χ2n) is 6.49. The Labute approximate surface area is 123 Å². The average molecular weight is 275 g/mol. The SMILES string of the molecule is CCc1ccc(CC2(CNC(C)C)CCOCC2)cc1. The van der Waals surface area contributed by atoms with E-state index in [0.717, 1.165) is 26.2 Å². The Bertz CT molecular complexity index is 390. The summed E-state index contributed by atoms with van der Waals surface area (Å²) in [6, 6.07) is 9.73. The minimum Gasteiger partial charge on any atom is -0.381 e. The van der Waals surface area contributed by atoms with Gasteiger partial charge in [0.15, 0.2) is 0 Å². The monoisotopic (exact) mass is 275 g/mol. The van der Waals surface area contributed by atoms with Gasteiger partial charge in [0.1, 0.15) is 0 Å². The topological polar surface area (TPSA) is 21.3 Å². The van der Waals surface area contributed by atoms with E-state index in [1.807, 2.05) is 0 Å². The van der Waals surface area contributed by atoms with Gasteiger partial charge in [-0.05, 0) is 42.2 Å². The summed E-state index contributed by atoms with van der Waals surface area (Å²) in [4.78, 5) is 0. The van der Waals surface area contributed by atoms with Crippen LogP contribution in [0.4, 0.5) is 0 Å². The number of aryl methyl sites for hydroxylation is 1. The van der Waals surface area contributed by atoms with Crippen LogP contribution in [0, 0.1) is 5.41 Å². The Kier molecular flexibility index (Phi) is 5.62. The van der Waals surface area contributed by atoms with E-state index < -0.39 is 0 Å². The summed E-state index contributed by atoms with van der Waals surface area (Å²) in [6.07, 6.45) is 4.62. The van der Waals surface area contributed by atoms with E-state index in [9.17, 15) is 0 Å². The third kappa shape index (κ3) is 4.32. The zero-order chi connectivity index (χ0) is 14.4. The van der Waals surface area contributed by atoms with Gasteiger partial charge in [-0.1, -0.05) is 45.0 Å². The fourth-order valence-electron chi connectivity index (χ4n) is 2.97. The van der Waals surface area contributed by atoms with Crippen LogP contribution in [0.15, 0.2) is 24.3 Å². The maximum Gasteiger partial charge on any atom is 0.0471 e. The summed E-state index contributed by atoms with van der Waals surface area (Å²) in [5.74, 6) is 0.